The lowest BCUT2D eigenvalue weighted by atomic mass is 9.82. The fourth-order valence-electron chi connectivity index (χ4n) is 5.34. The number of hydrogen-bond donors (Lipinski definition) is 1. The van der Waals surface area contributed by atoms with Crippen LogP contribution in [0.15, 0.2) is 36.7 Å². The highest BCUT2D eigenvalue weighted by atomic mass is 19.1. The zero-order valence-electron chi connectivity index (χ0n) is 25.5. The lowest BCUT2D eigenvalue weighted by molar-refractivity contribution is -0.164. The molecular formula is C32H41FN4O5. The molecule has 1 fully saturated rings. The van der Waals surface area contributed by atoms with Gasteiger partial charge in [-0.1, -0.05) is 26.0 Å². The predicted molar refractivity (Wildman–Crippen MR) is 158 cm³/mol. The minimum atomic E-state index is -1.11. The fraction of sp³-hybridized carbons (Fsp3) is 0.500. The maximum absolute atomic E-state index is 13.7. The van der Waals surface area contributed by atoms with E-state index in [4.69, 9.17) is 9.47 Å². The number of ether oxygens (including phenoxy) is 2. The van der Waals surface area contributed by atoms with Crippen molar-refractivity contribution in [1.29, 1.82) is 0 Å². The zero-order valence-corrected chi connectivity index (χ0v) is 25.5. The number of hydrogen-bond acceptors (Lipinski definition) is 7. The number of carbonyl (C=O) groups is 3. The third kappa shape index (κ3) is 6.98. The molecule has 1 aliphatic rings. The number of methoxy groups -OCH3 is 1. The number of ketones is 1. The first kappa shape index (κ1) is 31.2. The molecule has 4 rings (SSSR count). The van der Waals surface area contributed by atoms with E-state index in [0.717, 1.165) is 31.7 Å². The van der Waals surface area contributed by atoms with Crippen molar-refractivity contribution in [3.63, 3.8) is 0 Å². The largest absolute Gasteiger partial charge is 0.467 e. The summed E-state index contributed by atoms with van der Waals surface area (Å²) in [5.74, 6) is -0.954. The fourth-order valence-corrected chi connectivity index (χ4v) is 5.34. The number of carbonyl (C=O) groups excluding carboxylic acids is 3. The second-order valence-corrected chi connectivity index (χ2v) is 12.7. The molecule has 42 heavy (non-hydrogen) atoms. The van der Waals surface area contributed by atoms with Crippen molar-refractivity contribution in [2.45, 2.75) is 72.5 Å². The molecule has 0 bridgehead atoms. The molecule has 0 saturated carbocycles. The summed E-state index contributed by atoms with van der Waals surface area (Å²) >= 11 is 0. The van der Waals surface area contributed by atoms with Gasteiger partial charge < -0.3 is 19.7 Å². The van der Waals surface area contributed by atoms with Gasteiger partial charge in [0.2, 0.25) is 0 Å². The number of pyridine rings is 1. The third-order valence-corrected chi connectivity index (χ3v) is 7.67. The van der Waals surface area contributed by atoms with Crippen molar-refractivity contribution < 1.29 is 28.2 Å². The van der Waals surface area contributed by atoms with Crippen molar-refractivity contribution in [2.24, 2.45) is 5.41 Å². The van der Waals surface area contributed by atoms with Gasteiger partial charge in [-0.15, -0.1) is 0 Å². The highest BCUT2D eigenvalue weighted by Crippen LogP contribution is 2.41. The highest BCUT2D eigenvalue weighted by Gasteiger charge is 2.38. The number of anilines is 1. The molecule has 0 unspecified atom stereocenters. The molecule has 10 heteroatoms. The summed E-state index contributed by atoms with van der Waals surface area (Å²) in [7, 11) is 1.32. The van der Waals surface area contributed by atoms with Gasteiger partial charge in [0.25, 0.3) is 5.91 Å². The number of amides is 1. The number of Topliss-reactive ketones (excluding diaryl/α,β-unsaturated/α-hetero) is 1. The number of nitrogens with one attached hydrogen (secondary N) is 1. The summed E-state index contributed by atoms with van der Waals surface area (Å²) in [6, 6.07) is 5.68. The van der Waals surface area contributed by atoms with Crippen LogP contribution in [-0.2, 0) is 25.5 Å². The number of piperidine rings is 1. The normalized spacial score (nSPS) is 15.9. The van der Waals surface area contributed by atoms with Gasteiger partial charge in [-0.3, -0.25) is 14.0 Å². The van der Waals surface area contributed by atoms with E-state index in [2.05, 4.69) is 29.0 Å². The molecule has 0 radical (unpaired) electrons. The number of fused-ring (bicyclic) bond motifs is 1. The SMILES string of the molecule is COC(=O)[C@@H](OC(C)(C)C)c1c(C)c(C(=O)NCC(=O)Cc2ccc(F)cc2)c2nccn2c1N1CCC(C)(C)CC1. The Labute approximate surface area is 246 Å². The summed E-state index contributed by atoms with van der Waals surface area (Å²) in [5, 5.41) is 2.73. The quantitative estimate of drug-likeness (QED) is 0.356. The number of rotatable bonds is 9. The van der Waals surface area contributed by atoms with Crippen molar-refractivity contribution in [3.05, 3.63) is 64.7 Å². The van der Waals surface area contributed by atoms with Crippen molar-refractivity contribution in [3.8, 4) is 0 Å². The molecule has 0 aliphatic carbocycles. The number of aromatic nitrogens is 2. The van der Waals surface area contributed by atoms with Crippen molar-refractivity contribution in [2.75, 3.05) is 31.6 Å². The van der Waals surface area contributed by atoms with Gasteiger partial charge in [0.15, 0.2) is 17.5 Å². The topological polar surface area (TPSA) is 102 Å². The van der Waals surface area contributed by atoms with E-state index in [1.54, 1.807) is 31.5 Å². The van der Waals surface area contributed by atoms with E-state index in [9.17, 15) is 18.8 Å². The second-order valence-electron chi connectivity index (χ2n) is 12.7. The lowest BCUT2D eigenvalue weighted by Gasteiger charge is -2.40. The van der Waals surface area contributed by atoms with Crippen LogP contribution in [0.2, 0.25) is 0 Å². The molecule has 1 aromatic carbocycles. The summed E-state index contributed by atoms with van der Waals surface area (Å²) < 4.78 is 26.6. The zero-order chi connectivity index (χ0) is 30.8. The number of benzene rings is 1. The second kappa shape index (κ2) is 12.2. The van der Waals surface area contributed by atoms with E-state index in [0.29, 0.717) is 22.3 Å². The van der Waals surface area contributed by atoms with Gasteiger partial charge in [0.05, 0.1) is 24.8 Å². The Morgan fingerprint density at radius 1 is 1.12 bits per heavy atom. The van der Waals surface area contributed by atoms with Crippen LogP contribution in [-0.4, -0.2) is 59.4 Å². The predicted octanol–water partition coefficient (Wildman–Crippen LogP) is 4.98. The van der Waals surface area contributed by atoms with E-state index in [-0.39, 0.29) is 35.5 Å². The van der Waals surface area contributed by atoms with Crippen LogP contribution in [0, 0.1) is 18.2 Å². The smallest absolute Gasteiger partial charge is 0.339 e. The van der Waals surface area contributed by atoms with Gasteiger partial charge >= 0.3 is 5.97 Å². The van der Waals surface area contributed by atoms with Gasteiger partial charge in [0, 0.05) is 37.5 Å². The van der Waals surface area contributed by atoms with E-state index < -0.39 is 23.6 Å². The van der Waals surface area contributed by atoms with Crippen LogP contribution in [0.4, 0.5) is 10.2 Å². The molecule has 2 aromatic heterocycles. The molecule has 3 aromatic rings. The summed E-state index contributed by atoms with van der Waals surface area (Å²) in [4.78, 5) is 46.4. The molecule has 1 N–H and O–H groups in total. The Kier molecular flexibility index (Phi) is 9.06. The first-order valence-electron chi connectivity index (χ1n) is 14.3. The summed E-state index contributed by atoms with van der Waals surface area (Å²) in [5.41, 5.74) is 1.85. The first-order chi connectivity index (χ1) is 19.7. The van der Waals surface area contributed by atoms with Gasteiger partial charge in [0.1, 0.15) is 11.6 Å². The number of esters is 1. The molecule has 3 heterocycles. The maximum Gasteiger partial charge on any atom is 0.339 e. The average molecular weight is 581 g/mol. The van der Waals surface area contributed by atoms with Crippen LogP contribution >= 0.6 is 0 Å². The molecular weight excluding hydrogens is 539 g/mol. The van der Waals surface area contributed by atoms with Crippen molar-refractivity contribution >= 4 is 29.1 Å². The molecule has 0 spiro atoms. The van der Waals surface area contributed by atoms with Crippen LogP contribution in [0.25, 0.3) is 5.65 Å². The average Bonchev–Trinajstić information content (AvgIpc) is 3.39. The van der Waals surface area contributed by atoms with Gasteiger partial charge in [-0.2, -0.15) is 0 Å². The molecule has 1 atom stereocenters. The Morgan fingerprint density at radius 3 is 2.36 bits per heavy atom. The van der Waals surface area contributed by atoms with Crippen LogP contribution in [0.1, 0.15) is 80.6 Å². The first-order valence-corrected chi connectivity index (χ1v) is 14.3. The minimum absolute atomic E-state index is 0.0532. The number of nitrogens with zero attached hydrogens (tertiary/aromatic N) is 3. The third-order valence-electron chi connectivity index (χ3n) is 7.67. The van der Waals surface area contributed by atoms with Crippen LogP contribution in [0.5, 0.6) is 0 Å². The molecule has 1 amide bonds. The maximum atomic E-state index is 13.7. The Hall–Kier alpha value is -3.79. The summed E-state index contributed by atoms with van der Waals surface area (Å²) in [6.07, 6.45) is 4.22. The Morgan fingerprint density at radius 2 is 1.76 bits per heavy atom. The highest BCUT2D eigenvalue weighted by molar-refractivity contribution is 6.04. The standard InChI is InChI=1S/C32H41FN4O5/c1-20-24(26(30(40)41-7)42-31(2,3)4)29(36-15-12-32(5,6)13-16-36)37-17-14-34-27(37)25(20)28(39)35-19-23(38)18-21-8-10-22(33)11-9-21/h8-11,14,17,26H,12-13,15-16,18-19H2,1-7H3,(H,35,39)/t26-/m0/s1. The van der Waals surface area contributed by atoms with E-state index in [1.165, 1.54) is 19.2 Å². The molecule has 1 aliphatic heterocycles. The Balaban J connectivity index is 1.77. The number of imidazole rings is 1. The monoisotopic (exact) mass is 580 g/mol. The van der Waals surface area contributed by atoms with Crippen LogP contribution < -0.4 is 10.2 Å². The number of halogens is 1. The van der Waals surface area contributed by atoms with E-state index >= 15 is 0 Å². The molecule has 1 saturated heterocycles. The summed E-state index contributed by atoms with van der Waals surface area (Å²) in [6.45, 7) is 13.1. The van der Waals surface area contributed by atoms with Crippen LogP contribution in [0.3, 0.4) is 0 Å². The van der Waals surface area contributed by atoms with Crippen molar-refractivity contribution in [1.82, 2.24) is 14.7 Å². The lowest BCUT2D eigenvalue weighted by Crippen LogP contribution is -2.40. The minimum Gasteiger partial charge on any atom is -0.467 e. The van der Waals surface area contributed by atoms with E-state index in [1.807, 2.05) is 25.2 Å². The molecule has 226 valence electrons. The Bertz CT molecular complexity index is 1460. The molecule has 9 nitrogen and oxygen atoms in total. The van der Waals surface area contributed by atoms with Gasteiger partial charge in [-0.05, 0) is 69.2 Å². The van der Waals surface area contributed by atoms with Gasteiger partial charge in [-0.25, -0.2) is 14.2 Å².